The molecular formula is C27H42N4O2. The molecule has 2 heterocycles. The van der Waals surface area contributed by atoms with Gasteiger partial charge in [0.2, 0.25) is 11.8 Å². The van der Waals surface area contributed by atoms with Crippen LogP contribution in [0.3, 0.4) is 0 Å². The minimum atomic E-state index is -0.372. The molecule has 1 saturated carbocycles. The molecule has 0 spiro atoms. The lowest BCUT2D eigenvalue weighted by molar-refractivity contribution is -0.140. The Kier molecular flexibility index (Phi) is 8.42. The Morgan fingerprint density at radius 2 is 1.79 bits per heavy atom. The largest absolute Gasteiger partial charge is 0.343 e. The Labute approximate surface area is 199 Å². The van der Waals surface area contributed by atoms with Gasteiger partial charge in [-0.25, -0.2) is 0 Å². The van der Waals surface area contributed by atoms with Crippen molar-refractivity contribution in [2.45, 2.75) is 76.4 Å². The summed E-state index contributed by atoms with van der Waals surface area (Å²) < 4.78 is 0. The molecule has 1 aromatic rings. The van der Waals surface area contributed by atoms with Crippen LogP contribution in [0.1, 0.15) is 57.4 Å². The average molecular weight is 455 g/mol. The topological polar surface area (TPSA) is 64.7 Å². The zero-order valence-corrected chi connectivity index (χ0v) is 20.5. The predicted octanol–water partition coefficient (Wildman–Crippen LogP) is 2.82. The second kappa shape index (κ2) is 11.5. The molecular weight excluding hydrogens is 412 g/mol. The van der Waals surface area contributed by atoms with Gasteiger partial charge in [0.25, 0.3) is 0 Å². The quantitative estimate of drug-likeness (QED) is 0.634. The van der Waals surface area contributed by atoms with Gasteiger partial charge in [-0.3, -0.25) is 9.59 Å². The lowest BCUT2D eigenvalue weighted by atomic mass is 9.83. The highest BCUT2D eigenvalue weighted by Gasteiger charge is 2.44. The highest BCUT2D eigenvalue weighted by molar-refractivity contribution is 5.90. The van der Waals surface area contributed by atoms with E-state index in [1.54, 1.807) is 7.05 Å². The Bertz CT molecular complexity index is 780. The zero-order chi connectivity index (χ0) is 23.2. The summed E-state index contributed by atoms with van der Waals surface area (Å²) in [4.78, 5) is 31.2. The first-order chi connectivity index (χ1) is 16.1. The third kappa shape index (κ3) is 5.96. The lowest BCUT2D eigenvalue weighted by Gasteiger charge is -2.40. The van der Waals surface area contributed by atoms with Crippen molar-refractivity contribution in [3.8, 4) is 0 Å². The van der Waals surface area contributed by atoms with Gasteiger partial charge in [0.05, 0.1) is 6.04 Å². The predicted molar refractivity (Wildman–Crippen MR) is 132 cm³/mol. The van der Waals surface area contributed by atoms with Crippen LogP contribution < -0.4 is 10.6 Å². The summed E-state index contributed by atoms with van der Waals surface area (Å²) >= 11 is 0. The van der Waals surface area contributed by atoms with Crippen LogP contribution in [0.2, 0.25) is 0 Å². The summed E-state index contributed by atoms with van der Waals surface area (Å²) in [6.45, 7) is 5.91. The molecule has 2 amide bonds. The fourth-order valence-electron chi connectivity index (χ4n) is 6.11. The monoisotopic (exact) mass is 454 g/mol. The maximum Gasteiger partial charge on any atom is 0.245 e. The van der Waals surface area contributed by atoms with Crippen LogP contribution in [-0.2, 0) is 16.0 Å². The van der Waals surface area contributed by atoms with Crippen molar-refractivity contribution in [2.75, 3.05) is 33.2 Å². The van der Waals surface area contributed by atoms with E-state index in [0.717, 1.165) is 71.1 Å². The molecule has 0 bridgehead atoms. The van der Waals surface area contributed by atoms with E-state index >= 15 is 0 Å². The molecule has 2 aliphatic heterocycles. The van der Waals surface area contributed by atoms with Crippen LogP contribution in [0, 0.1) is 11.8 Å². The van der Waals surface area contributed by atoms with Gasteiger partial charge in [0, 0.05) is 32.2 Å². The van der Waals surface area contributed by atoms with Crippen LogP contribution in [0.5, 0.6) is 0 Å². The van der Waals surface area contributed by atoms with E-state index in [4.69, 9.17) is 0 Å². The Balaban J connectivity index is 1.37. The molecule has 3 aliphatic rings. The van der Waals surface area contributed by atoms with E-state index in [-0.39, 0.29) is 29.8 Å². The normalized spacial score (nSPS) is 25.9. The number of hydrogen-bond donors (Lipinski definition) is 2. The molecule has 4 rings (SSSR count). The Morgan fingerprint density at radius 1 is 1.03 bits per heavy atom. The molecule has 4 atom stereocenters. The summed E-state index contributed by atoms with van der Waals surface area (Å²) in [5.41, 5.74) is 1.39. The van der Waals surface area contributed by atoms with Crippen LogP contribution >= 0.6 is 0 Å². The number of likely N-dealkylation sites (tertiary alicyclic amines) is 2. The van der Waals surface area contributed by atoms with Gasteiger partial charge in [-0.05, 0) is 63.5 Å². The standard InChI is InChI=1S/C27H42N4O2/c1-20(28-2)26(32)29-25(22-11-7-4-8-12-22)27(33)31-18-14-23-19-30(17-15-24(23)31)16-13-21-9-5-3-6-10-21/h3,5-6,9-10,20,22-25,28H,4,7-8,11-19H2,1-2H3,(H,29,32)/t20-,23-,24+,25-/m0/s1. The maximum absolute atomic E-state index is 13.8. The number of rotatable bonds is 8. The Morgan fingerprint density at radius 3 is 2.52 bits per heavy atom. The minimum Gasteiger partial charge on any atom is -0.343 e. The van der Waals surface area contributed by atoms with Crippen LogP contribution in [0.25, 0.3) is 0 Å². The first-order valence-electron chi connectivity index (χ1n) is 13.1. The number of piperidine rings is 1. The minimum absolute atomic E-state index is 0.0621. The van der Waals surface area contributed by atoms with Crippen LogP contribution in [0.15, 0.2) is 30.3 Å². The maximum atomic E-state index is 13.8. The van der Waals surface area contributed by atoms with Gasteiger partial charge >= 0.3 is 0 Å². The SMILES string of the molecule is CN[C@@H](C)C(=O)N[C@H](C(=O)N1CC[C@H]2CN(CCc3ccccc3)CC[C@H]21)C1CCCCC1. The first-order valence-corrected chi connectivity index (χ1v) is 13.1. The molecule has 0 unspecified atom stereocenters. The molecule has 1 aliphatic carbocycles. The molecule has 2 saturated heterocycles. The third-order valence-corrected chi connectivity index (χ3v) is 8.27. The molecule has 6 heteroatoms. The van der Waals surface area contributed by atoms with E-state index in [1.807, 2.05) is 6.92 Å². The van der Waals surface area contributed by atoms with E-state index in [2.05, 4.69) is 50.8 Å². The van der Waals surface area contributed by atoms with Gasteiger partial charge in [-0.15, -0.1) is 0 Å². The van der Waals surface area contributed by atoms with E-state index < -0.39 is 0 Å². The average Bonchev–Trinajstić information content (AvgIpc) is 3.29. The van der Waals surface area contributed by atoms with Crippen molar-refractivity contribution in [1.29, 1.82) is 0 Å². The van der Waals surface area contributed by atoms with E-state index in [1.165, 1.54) is 12.0 Å². The number of fused-ring (bicyclic) bond motifs is 1. The van der Waals surface area contributed by atoms with Gasteiger partial charge in [0.15, 0.2) is 0 Å². The number of likely N-dealkylation sites (N-methyl/N-ethyl adjacent to an activating group) is 1. The molecule has 1 aromatic carbocycles. The second-order valence-corrected chi connectivity index (χ2v) is 10.4. The van der Waals surface area contributed by atoms with Gasteiger partial charge in [-0.2, -0.15) is 0 Å². The molecule has 0 radical (unpaired) electrons. The lowest BCUT2D eigenvalue weighted by Crippen LogP contribution is -2.58. The highest BCUT2D eigenvalue weighted by Crippen LogP contribution is 2.34. The summed E-state index contributed by atoms with van der Waals surface area (Å²) in [5.74, 6) is 0.929. The molecule has 2 N–H and O–H groups in total. The number of nitrogens with zero attached hydrogens (tertiary/aromatic N) is 2. The molecule has 182 valence electrons. The number of carbonyl (C=O) groups excluding carboxylic acids is 2. The zero-order valence-electron chi connectivity index (χ0n) is 20.5. The van der Waals surface area contributed by atoms with Crippen molar-refractivity contribution in [2.24, 2.45) is 11.8 Å². The summed E-state index contributed by atoms with van der Waals surface area (Å²) in [6.07, 6.45) is 8.86. The number of nitrogens with one attached hydrogen (secondary N) is 2. The smallest absolute Gasteiger partial charge is 0.245 e. The summed E-state index contributed by atoms with van der Waals surface area (Å²) in [6, 6.07) is 10.4. The molecule has 0 aromatic heterocycles. The molecule has 3 fully saturated rings. The van der Waals surface area contributed by atoms with Gasteiger partial charge < -0.3 is 20.4 Å². The van der Waals surface area contributed by atoms with Crippen molar-refractivity contribution >= 4 is 11.8 Å². The number of hydrogen-bond acceptors (Lipinski definition) is 4. The number of benzene rings is 1. The van der Waals surface area contributed by atoms with Crippen molar-refractivity contribution < 1.29 is 9.59 Å². The Hall–Kier alpha value is -1.92. The summed E-state index contributed by atoms with van der Waals surface area (Å²) in [7, 11) is 1.79. The van der Waals surface area contributed by atoms with Crippen LogP contribution in [-0.4, -0.2) is 73.0 Å². The van der Waals surface area contributed by atoms with Gasteiger partial charge in [-0.1, -0.05) is 49.6 Å². The van der Waals surface area contributed by atoms with Gasteiger partial charge in [0.1, 0.15) is 6.04 Å². The second-order valence-electron chi connectivity index (χ2n) is 10.4. The van der Waals surface area contributed by atoms with E-state index in [0.29, 0.717) is 12.0 Å². The summed E-state index contributed by atoms with van der Waals surface area (Å²) in [5, 5.41) is 6.17. The first kappa shape index (κ1) is 24.2. The highest BCUT2D eigenvalue weighted by atomic mass is 16.2. The van der Waals surface area contributed by atoms with Crippen molar-refractivity contribution in [3.63, 3.8) is 0 Å². The number of amides is 2. The van der Waals surface area contributed by atoms with Crippen molar-refractivity contribution in [3.05, 3.63) is 35.9 Å². The molecule has 33 heavy (non-hydrogen) atoms. The molecule has 6 nitrogen and oxygen atoms in total. The fraction of sp³-hybridized carbons (Fsp3) is 0.704. The van der Waals surface area contributed by atoms with E-state index in [9.17, 15) is 9.59 Å². The fourth-order valence-corrected chi connectivity index (χ4v) is 6.11. The van der Waals surface area contributed by atoms with Crippen LogP contribution in [0.4, 0.5) is 0 Å². The third-order valence-electron chi connectivity index (χ3n) is 8.27. The number of carbonyl (C=O) groups is 2. The van der Waals surface area contributed by atoms with Crippen molar-refractivity contribution in [1.82, 2.24) is 20.4 Å².